The van der Waals surface area contributed by atoms with E-state index in [0.717, 1.165) is 33.6 Å². The number of hydrogen-bond acceptors (Lipinski definition) is 1. The highest BCUT2D eigenvalue weighted by molar-refractivity contribution is 5.81. The predicted octanol–water partition coefficient (Wildman–Crippen LogP) is 5.42. The quantitative estimate of drug-likeness (QED) is 0.524. The molecule has 0 saturated carbocycles. The van der Waals surface area contributed by atoms with Gasteiger partial charge >= 0.3 is 0 Å². The van der Waals surface area contributed by atoms with Gasteiger partial charge in [-0.15, -0.1) is 0 Å². The fraction of sp³-hybridized carbons (Fsp3) is 0.125. The van der Waals surface area contributed by atoms with Crippen molar-refractivity contribution in [3.05, 3.63) is 99.8 Å². The minimum absolute atomic E-state index is 0.0374. The molecule has 27 heavy (non-hydrogen) atoms. The lowest BCUT2D eigenvalue weighted by atomic mass is 10.00. The summed E-state index contributed by atoms with van der Waals surface area (Å²) in [6.45, 7) is 6.12. The van der Waals surface area contributed by atoms with Crippen LogP contribution in [0.1, 0.15) is 16.7 Å². The first kappa shape index (κ1) is 17.1. The Balaban J connectivity index is 2.02. The Kier molecular flexibility index (Phi) is 4.28. The van der Waals surface area contributed by atoms with Crippen LogP contribution in [0.3, 0.4) is 0 Å². The Hall–Kier alpha value is -3.33. The summed E-state index contributed by atoms with van der Waals surface area (Å²) in [6.07, 6.45) is 0. The number of para-hydroxylation sites is 1. The average Bonchev–Trinajstić information content (AvgIpc) is 3.00. The third-order valence-corrected chi connectivity index (χ3v) is 4.89. The van der Waals surface area contributed by atoms with Crippen LogP contribution in [0.25, 0.3) is 28.1 Å². The summed E-state index contributed by atoms with van der Waals surface area (Å²) in [6, 6.07) is 24.2. The molecule has 4 aromatic rings. The molecule has 0 amide bonds. The zero-order chi connectivity index (χ0) is 19.0. The first-order chi connectivity index (χ1) is 13.0. The third-order valence-electron chi connectivity index (χ3n) is 4.89. The lowest BCUT2D eigenvalue weighted by Gasteiger charge is -2.06. The Morgan fingerprint density at radius 3 is 2.19 bits per heavy atom. The van der Waals surface area contributed by atoms with Crippen LogP contribution in [0, 0.1) is 20.8 Å². The van der Waals surface area contributed by atoms with Gasteiger partial charge in [0.05, 0.1) is 16.9 Å². The normalized spacial score (nSPS) is 10.9. The van der Waals surface area contributed by atoms with Crippen molar-refractivity contribution in [3.63, 3.8) is 0 Å². The second-order valence-corrected chi connectivity index (χ2v) is 7.02. The number of aromatic amines is 1. The number of H-pyrrole nitrogens is 1. The van der Waals surface area contributed by atoms with Crippen LogP contribution >= 0.6 is 0 Å². The van der Waals surface area contributed by atoms with Crippen LogP contribution in [0.4, 0.5) is 0 Å². The van der Waals surface area contributed by atoms with E-state index in [0.29, 0.717) is 5.56 Å². The molecule has 1 N–H and O–H groups in total. The summed E-state index contributed by atoms with van der Waals surface area (Å²) >= 11 is 0. The maximum absolute atomic E-state index is 13.4. The van der Waals surface area contributed by atoms with E-state index in [9.17, 15) is 4.79 Å². The second-order valence-electron chi connectivity index (χ2n) is 7.02. The molecular weight excluding hydrogens is 332 g/mol. The number of aromatic nitrogens is 2. The number of rotatable bonds is 3. The van der Waals surface area contributed by atoms with Crippen LogP contribution in [-0.4, -0.2) is 9.78 Å². The standard InChI is InChI=1S/C24H22N2O/c1-16-11-13-19(14-12-16)22-23(20-9-6-7-17(2)15-20)25-26(24(22)27)21-10-5-4-8-18(21)3/h4-15,25H,1-3H3. The minimum Gasteiger partial charge on any atom is -0.290 e. The van der Waals surface area contributed by atoms with Crippen molar-refractivity contribution >= 4 is 0 Å². The maximum atomic E-state index is 13.4. The van der Waals surface area contributed by atoms with E-state index >= 15 is 0 Å². The van der Waals surface area contributed by atoms with Crippen molar-refractivity contribution in [2.24, 2.45) is 0 Å². The van der Waals surface area contributed by atoms with Gasteiger partial charge in [-0.1, -0.05) is 71.8 Å². The van der Waals surface area contributed by atoms with Gasteiger partial charge in [-0.25, -0.2) is 4.68 Å². The molecule has 134 valence electrons. The molecule has 0 radical (unpaired) electrons. The van der Waals surface area contributed by atoms with Crippen LogP contribution < -0.4 is 5.56 Å². The molecule has 1 heterocycles. The van der Waals surface area contributed by atoms with Crippen LogP contribution in [0.2, 0.25) is 0 Å². The van der Waals surface area contributed by atoms with Crippen molar-refractivity contribution in [2.75, 3.05) is 0 Å². The third kappa shape index (κ3) is 3.13. The Labute approximate surface area is 158 Å². The summed E-state index contributed by atoms with van der Waals surface area (Å²) < 4.78 is 1.65. The molecule has 0 spiro atoms. The van der Waals surface area contributed by atoms with E-state index in [-0.39, 0.29) is 5.56 Å². The zero-order valence-corrected chi connectivity index (χ0v) is 15.8. The topological polar surface area (TPSA) is 37.8 Å². The highest BCUT2D eigenvalue weighted by atomic mass is 16.1. The number of nitrogens with zero attached hydrogens (tertiary/aromatic N) is 1. The molecule has 3 nitrogen and oxygen atoms in total. The highest BCUT2D eigenvalue weighted by Crippen LogP contribution is 2.30. The van der Waals surface area contributed by atoms with E-state index in [2.05, 4.69) is 24.2 Å². The number of aryl methyl sites for hydroxylation is 3. The molecule has 3 aromatic carbocycles. The first-order valence-electron chi connectivity index (χ1n) is 9.10. The van der Waals surface area contributed by atoms with Gasteiger partial charge in [0, 0.05) is 5.56 Å². The summed E-state index contributed by atoms with van der Waals surface area (Å²) in [5, 5.41) is 3.37. The molecule has 0 saturated heterocycles. The summed E-state index contributed by atoms with van der Waals surface area (Å²) in [5.41, 5.74) is 7.68. The molecule has 1 aromatic heterocycles. The van der Waals surface area contributed by atoms with Gasteiger partial charge in [0.15, 0.2) is 0 Å². The van der Waals surface area contributed by atoms with E-state index in [4.69, 9.17) is 0 Å². The zero-order valence-electron chi connectivity index (χ0n) is 15.8. The Morgan fingerprint density at radius 2 is 1.48 bits per heavy atom. The molecule has 4 rings (SSSR count). The second kappa shape index (κ2) is 6.76. The van der Waals surface area contributed by atoms with E-state index in [1.165, 1.54) is 5.56 Å². The summed E-state index contributed by atoms with van der Waals surface area (Å²) in [4.78, 5) is 13.4. The minimum atomic E-state index is -0.0374. The van der Waals surface area contributed by atoms with Gasteiger partial charge in [-0.2, -0.15) is 0 Å². The lowest BCUT2D eigenvalue weighted by molar-refractivity contribution is 0.846. The van der Waals surface area contributed by atoms with Gasteiger partial charge in [0.25, 0.3) is 5.56 Å². The SMILES string of the molecule is Cc1ccc(-c2c(-c3cccc(C)c3)[nH]n(-c3ccccc3C)c2=O)cc1. The molecule has 3 heteroatoms. The van der Waals surface area contributed by atoms with Gasteiger partial charge in [0.2, 0.25) is 0 Å². The maximum Gasteiger partial charge on any atom is 0.279 e. The van der Waals surface area contributed by atoms with Gasteiger partial charge in [0.1, 0.15) is 0 Å². The molecule has 0 aliphatic carbocycles. The summed E-state index contributed by atoms with van der Waals surface area (Å²) in [5.74, 6) is 0. The summed E-state index contributed by atoms with van der Waals surface area (Å²) in [7, 11) is 0. The monoisotopic (exact) mass is 354 g/mol. The Bertz CT molecular complexity index is 1160. The fourth-order valence-electron chi connectivity index (χ4n) is 3.42. The van der Waals surface area contributed by atoms with Crippen molar-refractivity contribution in [1.29, 1.82) is 0 Å². The molecule has 0 unspecified atom stereocenters. The fourth-order valence-corrected chi connectivity index (χ4v) is 3.42. The van der Waals surface area contributed by atoms with Gasteiger partial charge < -0.3 is 0 Å². The lowest BCUT2D eigenvalue weighted by Crippen LogP contribution is -2.16. The molecule has 0 aliphatic heterocycles. The van der Waals surface area contributed by atoms with Gasteiger partial charge in [-0.3, -0.25) is 9.89 Å². The predicted molar refractivity (Wildman–Crippen MR) is 111 cm³/mol. The number of hydrogen-bond donors (Lipinski definition) is 1. The number of benzene rings is 3. The van der Waals surface area contributed by atoms with Crippen molar-refractivity contribution in [2.45, 2.75) is 20.8 Å². The van der Waals surface area contributed by atoms with Crippen LogP contribution in [0.5, 0.6) is 0 Å². The highest BCUT2D eigenvalue weighted by Gasteiger charge is 2.19. The first-order valence-corrected chi connectivity index (χ1v) is 9.10. The molecule has 0 atom stereocenters. The smallest absolute Gasteiger partial charge is 0.279 e. The van der Waals surface area contributed by atoms with Crippen LogP contribution in [-0.2, 0) is 0 Å². The van der Waals surface area contributed by atoms with Crippen LogP contribution in [0.15, 0.2) is 77.6 Å². The van der Waals surface area contributed by atoms with E-state index in [1.807, 2.05) is 74.5 Å². The van der Waals surface area contributed by atoms with Gasteiger partial charge in [-0.05, 0) is 44.0 Å². The molecule has 0 fully saturated rings. The van der Waals surface area contributed by atoms with Crippen molar-refractivity contribution < 1.29 is 0 Å². The largest absolute Gasteiger partial charge is 0.290 e. The molecular formula is C24H22N2O. The molecule has 0 bridgehead atoms. The van der Waals surface area contributed by atoms with E-state index < -0.39 is 0 Å². The molecule has 0 aliphatic rings. The number of nitrogens with one attached hydrogen (secondary N) is 1. The average molecular weight is 354 g/mol. The Morgan fingerprint density at radius 1 is 0.741 bits per heavy atom. The van der Waals surface area contributed by atoms with Crippen molar-refractivity contribution in [3.8, 4) is 28.1 Å². The van der Waals surface area contributed by atoms with E-state index in [1.54, 1.807) is 4.68 Å². The van der Waals surface area contributed by atoms with Crippen molar-refractivity contribution in [1.82, 2.24) is 9.78 Å².